The topological polar surface area (TPSA) is 73.6 Å². The van der Waals surface area contributed by atoms with E-state index in [1.807, 2.05) is 54.6 Å². The molecule has 0 fully saturated rings. The number of hydrogen-bond donors (Lipinski definition) is 1. The highest BCUT2D eigenvalue weighted by molar-refractivity contribution is 5.88. The molecule has 0 spiro atoms. The number of oxazole rings is 1. The van der Waals surface area contributed by atoms with Gasteiger partial charge >= 0.3 is 6.09 Å². The van der Waals surface area contributed by atoms with Crippen LogP contribution in [0.5, 0.6) is 5.75 Å². The Balaban J connectivity index is 1.97. The molecule has 0 saturated heterocycles. The van der Waals surface area contributed by atoms with E-state index in [1.54, 1.807) is 27.9 Å². The number of anilines is 1. The van der Waals surface area contributed by atoms with Crippen molar-refractivity contribution in [3.05, 3.63) is 54.6 Å². The van der Waals surface area contributed by atoms with Crippen LogP contribution in [0.25, 0.3) is 22.7 Å². The number of benzene rings is 2. The molecule has 6 heteroatoms. The summed E-state index contributed by atoms with van der Waals surface area (Å²) in [6.45, 7) is 5.40. The molecule has 0 bridgehead atoms. The van der Waals surface area contributed by atoms with Crippen molar-refractivity contribution in [2.75, 3.05) is 12.4 Å². The molecule has 0 atom stereocenters. The van der Waals surface area contributed by atoms with Crippen LogP contribution in [0.4, 0.5) is 10.7 Å². The molecule has 3 rings (SSSR count). The fraction of sp³-hybridized carbons (Fsp3) is 0.238. The first kappa shape index (κ1) is 18.5. The Labute approximate surface area is 158 Å². The summed E-state index contributed by atoms with van der Waals surface area (Å²) in [5, 5.41) is 2.66. The lowest BCUT2D eigenvalue weighted by atomic mass is 10.1. The molecule has 0 aliphatic heterocycles. The van der Waals surface area contributed by atoms with E-state index >= 15 is 0 Å². The largest absolute Gasteiger partial charge is 0.497 e. The first-order valence-corrected chi connectivity index (χ1v) is 8.56. The van der Waals surface area contributed by atoms with Gasteiger partial charge in [-0.15, -0.1) is 0 Å². The lowest BCUT2D eigenvalue weighted by molar-refractivity contribution is 0.0633. The molecule has 0 unspecified atom stereocenters. The monoisotopic (exact) mass is 366 g/mol. The molecule has 2 aromatic carbocycles. The van der Waals surface area contributed by atoms with Gasteiger partial charge in [0.2, 0.25) is 11.8 Å². The third kappa shape index (κ3) is 4.67. The molecule has 1 heterocycles. The number of amides is 1. The second-order valence-electron chi connectivity index (χ2n) is 6.92. The number of ether oxygens (including phenoxy) is 2. The molecule has 27 heavy (non-hydrogen) atoms. The number of carbonyl (C=O) groups is 1. The Kier molecular flexibility index (Phi) is 5.16. The quantitative estimate of drug-likeness (QED) is 0.672. The molecule has 1 amide bonds. The van der Waals surface area contributed by atoms with Crippen molar-refractivity contribution in [3.8, 4) is 28.5 Å². The third-order valence-corrected chi connectivity index (χ3v) is 3.63. The second-order valence-corrected chi connectivity index (χ2v) is 6.92. The van der Waals surface area contributed by atoms with E-state index in [2.05, 4.69) is 10.3 Å². The van der Waals surface area contributed by atoms with Crippen molar-refractivity contribution < 1.29 is 18.7 Å². The fourth-order valence-corrected chi connectivity index (χ4v) is 2.45. The average molecular weight is 366 g/mol. The summed E-state index contributed by atoms with van der Waals surface area (Å²) in [6, 6.07) is 16.8. The number of methoxy groups -OCH3 is 1. The van der Waals surface area contributed by atoms with Crippen LogP contribution < -0.4 is 10.1 Å². The highest BCUT2D eigenvalue weighted by Crippen LogP contribution is 2.33. The van der Waals surface area contributed by atoms with Crippen LogP contribution in [-0.2, 0) is 4.74 Å². The Morgan fingerprint density at radius 1 is 1.00 bits per heavy atom. The van der Waals surface area contributed by atoms with Gasteiger partial charge in [-0.05, 0) is 45.0 Å². The van der Waals surface area contributed by atoms with E-state index in [1.165, 1.54) is 0 Å². The number of nitrogens with zero attached hydrogens (tertiary/aromatic N) is 1. The molecule has 1 aromatic heterocycles. The molecular weight excluding hydrogens is 344 g/mol. The van der Waals surface area contributed by atoms with Gasteiger partial charge < -0.3 is 13.9 Å². The van der Waals surface area contributed by atoms with Gasteiger partial charge in [0.25, 0.3) is 0 Å². The van der Waals surface area contributed by atoms with Gasteiger partial charge in [0.05, 0.1) is 7.11 Å². The van der Waals surface area contributed by atoms with E-state index in [-0.39, 0.29) is 5.88 Å². The Morgan fingerprint density at radius 3 is 2.26 bits per heavy atom. The van der Waals surface area contributed by atoms with Crippen molar-refractivity contribution in [2.24, 2.45) is 0 Å². The summed E-state index contributed by atoms with van der Waals surface area (Å²) >= 11 is 0. The summed E-state index contributed by atoms with van der Waals surface area (Å²) < 4.78 is 16.4. The summed E-state index contributed by atoms with van der Waals surface area (Å²) in [6.07, 6.45) is -0.600. The zero-order valence-corrected chi connectivity index (χ0v) is 15.8. The van der Waals surface area contributed by atoms with Crippen molar-refractivity contribution in [2.45, 2.75) is 26.4 Å². The predicted octanol–water partition coefficient (Wildman–Crippen LogP) is 5.36. The summed E-state index contributed by atoms with van der Waals surface area (Å²) in [5.74, 6) is 1.37. The van der Waals surface area contributed by atoms with E-state index in [4.69, 9.17) is 13.9 Å². The Bertz CT molecular complexity index is 910. The van der Waals surface area contributed by atoms with E-state index in [9.17, 15) is 4.79 Å². The smallest absolute Gasteiger partial charge is 0.414 e. The Morgan fingerprint density at radius 2 is 1.67 bits per heavy atom. The maximum absolute atomic E-state index is 12.2. The summed E-state index contributed by atoms with van der Waals surface area (Å²) in [4.78, 5) is 16.8. The molecule has 0 radical (unpaired) electrons. The van der Waals surface area contributed by atoms with Gasteiger partial charge in [-0.1, -0.05) is 30.3 Å². The standard InChI is InChI=1S/C21H22N2O4/c1-21(2,3)27-20(24)23-19-17(14-8-6-5-7-9-14)22-18(26-19)15-10-12-16(25-4)13-11-15/h5-13H,1-4H3,(H,23,24). The zero-order chi connectivity index (χ0) is 19.4. The normalized spacial score (nSPS) is 11.1. The zero-order valence-electron chi connectivity index (χ0n) is 15.8. The molecule has 0 aliphatic carbocycles. The lowest BCUT2D eigenvalue weighted by Gasteiger charge is -2.19. The molecule has 1 N–H and O–H groups in total. The molecule has 0 aliphatic rings. The molecule has 6 nitrogen and oxygen atoms in total. The van der Waals surface area contributed by atoms with Crippen LogP contribution in [0.1, 0.15) is 20.8 Å². The number of rotatable bonds is 4. The minimum atomic E-state index is -0.615. The maximum atomic E-state index is 12.2. The number of aromatic nitrogens is 1. The average Bonchev–Trinajstić information content (AvgIpc) is 3.04. The lowest BCUT2D eigenvalue weighted by Crippen LogP contribution is -2.27. The van der Waals surface area contributed by atoms with Crippen molar-refractivity contribution in [1.82, 2.24) is 4.98 Å². The molecule has 0 saturated carbocycles. The van der Waals surface area contributed by atoms with Gasteiger partial charge in [-0.25, -0.2) is 9.78 Å². The highest BCUT2D eigenvalue weighted by atomic mass is 16.6. The fourth-order valence-electron chi connectivity index (χ4n) is 2.45. The minimum Gasteiger partial charge on any atom is -0.497 e. The summed E-state index contributed by atoms with van der Waals surface area (Å²) in [7, 11) is 1.61. The van der Waals surface area contributed by atoms with Gasteiger partial charge in [-0.2, -0.15) is 0 Å². The van der Waals surface area contributed by atoms with Crippen LogP contribution in [-0.4, -0.2) is 23.8 Å². The van der Waals surface area contributed by atoms with Crippen LogP contribution in [0.3, 0.4) is 0 Å². The van der Waals surface area contributed by atoms with Crippen LogP contribution in [0.2, 0.25) is 0 Å². The Hall–Kier alpha value is -3.28. The van der Waals surface area contributed by atoms with Crippen LogP contribution >= 0.6 is 0 Å². The second kappa shape index (κ2) is 7.53. The van der Waals surface area contributed by atoms with Crippen molar-refractivity contribution >= 4 is 12.0 Å². The maximum Gasteiger partial charge on any atom is 0.414 e. The van der Waals surface area contributed by atoms with Gasteiger partial charge in [0.1, 0.15) is 17.0 Å². The number of nitrogens with one attached hydrogen (secondary N) is 1. The van der Waals surface area contributed by atoms with Crippen molar-refractivity contribution in [3.63, 3.8) is 0 Å². The SMILES string of the molecule is COc1ccc(-c2nc(-c3ccccc3)c(NC(=O)OC(C)(C)C)o2)cc1. The summed E-state index contributed by atoms with van der Waals surface area (Å²) in [5.41, 5.74) is 1.51. The number of carbonyl (C=O) groups excluding carboxylic acids is 1. The third-order valence-electron chi connectivity index (χ3n) is 3.63. The van der Waals surface area contributed by atoms with Gasteiger partial charge in [0.15, 0.2) is 0 Å². The first-order chi connectivity index (χ1) is 12.9. The number of hydrogen-bond acceptors (Lipinski definition) is 5. The minimum absolute atomic E-state index is 0.237. The molecule has 140 valence electrons. The van der Waals surface area contributed by atoms with E-state index in [0.717, 1.165) is 16.9 Å². The van der Waals surface area contributed by atoms with Crippen LogP contribution in [0, 0.1) is 0 Å². The van der Waals surface area contributed by atoms with E-state index < -0.39 is 11.7 Å². The van der Waals surface area contributed by atoms with Crippen LogP contribution in [0.15, 0.2) is 59.0 Å². The molecule has 3 aromatic rings. The predicted molar refractivity (Wildman–Crippen MR) is 104 cm³/mol. The van der Waals surface area contributed by atoms with Gasteiger partial charge in [0, 0.05) is 11.1 Å². The molecular formula is C21H22N2O4. The van der Waals surface area contributed by atoms with E-state index in [0.29, 0.717) is 11.6 Å². The van der Waals surface area contributed by atoms with Gasteiger partial charge in [-0.3, -0.25) is 5.32 Å². The van der Waals surface area contributed by atoms with Crippen molar-refractivity contribution in [1.29, 1.82) is 0 Å². The highest BCUT2D eigenvalue weighted by Gasteiger charge is 2.22. The first-order valence-electron chi connectivity index (χ1n) is 8.56.